The van der Waals surface area contributed by atoms with Crippen molar-refractivity contribution in [2.24, 2.45) is 0 Å². The standard InChI is InChI=1S/C12H20O2/c1-2-3-4-5-6-8-11-12(14-11)9-7-10-13/h7,9-12H,2-6,8H2,1H3/b9-7+/t11-,12-/m1/s1. The molecule has 1 aliphatic rings. The van der Waals surface area contributed by atoms with Crippen molar-refractivity contribution in [3.05, 3.63) is 12.2 Å². The van der Waals surface area contributed by atoms with E-state index < -0.39 is 0 Å². The monoisotopic (exact) mass is 196 g/mol. The van der Waals surface area contributed by atoms with Crippen molar-refractivity contribution in [3.8, 4) is 0 Å². The van der Waals surface area contributed by atoms with Gasteiger partial charge in [0.15, 0.2) is 0 Å². The number of carbonyl (C=O) groups is 1. The molecule has 14 heavy (non-hydrogen) atoms. The second-order valence-corrected chi connectivity index (χ2v) is 3.86. The van der Waals surface area contributed by atoms with Gasteiger partial charge in [-0.3, -0.25) is 4.79 Å². The quantitative estimate of drug-likeness (QED) is 0.258. The van der Waals surface area contributed by atoms with E-state index in [1.807, 2.05) is 6.08 Å². The number of carbonyl (C=O) groups excluding carboxylic acids is 1. The maximum atomic E-state index is 10.0. The summed E-state index contributed by atoms with van der Waals surface area (Å²) in [5.41, 5.74) is 0. The maximum absolute atomic E-state index is 10.0. The molecule has 0 amide bonds. The van der Waals surface area contributed by atoms with E-state index in [4.69, 9.17) is 4.74 Å². The van der Waals surface area contributed by atoms with E-state index in [0.29, 0.717) is 6.10 Å². The van der Waals surface area contributed by atoms with Gasteiger partial charge in [0.1, 0.15) is 12.4 Å². The molecule has 0 aromatic carbocycles. The molecule has 0 spiro atoms. The molecule has 0 radical (unpaired) electrons. The summed E-state index contributed by atoms with van der Waals surface area (Å²) in [6.45, 7) is 2.23. The first-order chi connectivity index (χ1) is 6.88. The van der Waals surface area contributed by atoms with E-state index in [2.05, 4.69) is 6.92 Å². The van der Waals surface area contributed by atoms with Gasteiger partial charge in [0, 0.05) is 0 Å². The molecule has 1 saturated heterocycles. The Morgan fingerprint density at radius 2 is 2.00 bits per heavy atom. The van der Waals surface area contributed by atoms with E-state index >= 15 is 0 Å². The zero-order valence-electron chi connectivity index (χ0n) is 8.95. The third-order valence-electron chi connectivity index (χ3n) is 2.59. The summed E-state index contributed by atoms with van der Waals surface area (Å²) in [5, 5.41) is 0. The number of ether oxygens (including phenoxy) is 1. The Bertz CT molecular complexity index is 187. The Labute approximate surface area is 86.3 Å². The predicted molar refractivity (Wildman–Crippen MR) is 57.2 cm³/mol. The highest BCUT2D eigenvalue weighted by Gasteiger charge is 2.35. The molecule has 0 aliphatic carbocycles. The summed E-state index contributed by atoms with van der Waals surface area (Å²) >= 11 is 0. The highest BCUT2D eigenvalue weighted by Crippen LogP contribution is 2.28. The van der Waals surface area contributed by atoms with Gasteiger partial charge < -0.3 is 4.74 Å². The van der Waals surface area contributed by atoms with Crippen LogP contribution >= 0.6 is 0 Å². The smallest absolute Gasteiger partial charge is 0.142 e. The molecule has 0 aromatic rings. The Balaban J connectivity index is 1.90. The molecule has 1 fully saturated rings. The van der Waals surface area contributed by atoms with Crippen LogP contribution in [0.4, 0.5) is 0 Å². The lowest BCUT2D eigenvalue weighted by molar-refractivity contribution is -0.104. The summed E-state index contributed by atoms with van der Waals surface area (Å²) in [6.07, 6.45) is 12.5. The number of rotatable bonds is 8. The first-order valence-corrected chi connectivity index (χ1v) is 5.66. The van der Waals surface area contributed by atoms with Gasteiger partial charge in [-0.25, -0.2) is 0 Å². The van der Waals surface area contributed by atoms with Gasteiger partial charge in [-0.2, -0.15) is 0 Å². The van der Waals surface area contributed by atoms with Crippen LogP contribution < -0.4 is 0 Å². The lowest BCUT2D eigenvalue weighted by Gasteiger charge is -1.96. The molecule has 2 nitrogen and oxygen atoms in total. The third-order valence-corrected chi connectivity index (χ3v) is 2.59. The average Bonchev–Trinajstić information content (AvgIpc) is 2.93. The molecule has 1 aliphatic heterocycles. The fourth-order valence-electron chi connectivity index (χ4n) is 1.66. The number of allylic oxidation sites excluding steroid dienone is 1. The minimum Gasteiger partial charge on any atom is -0.365 e. The minimum atomic E-state index is 0.228. The molecule has 0 bridgehead atoms. The summed E-state index contributed by atoms with van der Waals surface area (Å²) in [7, 11) is 0. The normalized spacial score (nSPS) is 25.5. The van der Waals surface area contributed by atoms with Crippen molar-refractivity contribution in [2.75, 3.05) is 0 Å². The Hall–Kier alpha value is -0.630. The van der Waals surface area contributed by atoms with Gasteiger partial charge in [0.05, 0.1) is 6.10 Å². The summed E-state index contributed by atoms with van der Waals surface area (Å²) in [6, 6.07) is 0. The first-order valence-electron chi connectivity index (χ1n) is 5.66. The van der Waals surface area contributed by atoms with Crippen molar-refractivity contribution in [1.82, 2.24) is 0 Å². The van der Waals surface area contributed by atoms with Crippen LogP contribution in [0.3, 0.4) is 0 Å². The topological polar surface area (TPSA) is 29.6 Å². The molecule has 1 heterocycles. The molecular weight excluding hydrogens is 176 g/mol. The molecule has 2 heteroatoms. The highest BCUT2D eigenvalue weighted by molar-refractivity contribution is 5.64. The highest BCUT2D eigenvalue weighted by atomic mass is 16.6. The molecule has 0 unspecified atom stereocenters. The predicted octanol–water partition coefficient (Wildman–Crippen LogP) is 2.87. The molecule has 1 rings (SSSR count). The van der Waals surface area contributed by atoms with E-state index in [9.17, 15) is 4.79 Å². The van der Waals surface area contributed by atoms with Crippen LogP contribution in [0.25, 0.3) is 0 Å². The molecule has 80 valence electrons. The Morgan fingerprint density at radius 1 is 1.21 bits per heavy atom. The Morgan fingerprint density at radius 3 is 2.71 bits per heavy atom. The lowest BCUT2D eigenvalue weighted by Crippen LogP contribution is -1.91. The number of unbranched alkanes of at least 4 members (excludes halogenated alkanes) is 4. The second-order valence-electron chi connectivity index (χ2n) is 3.86. The van der Waals surface area contributed by atoms with E-state index in [1.54, 1.807) is 0 Å². The van der Waals surface area contributed by atoms with Crippen molar-refractivity contribution in [1.29, 1.82) is 0 Å². The molecular formula is C12H20O2. The fraction of sp³-hybridized carbons (Fsp3) is 0.750. The van der Waals surface area contributed by atoms with Gasteiger partial charge in [0.25, 0.3) is 0 Å². The third kappa shape index (κ3) is 4.56. The lowest BCUT2D eigenvalue weighted by atomic mass is 10.1. The van der Waals surface area contributed by atoms with Gasteiger partial charge in [-0.15, -0.1) is 0 Å². The number of aldehydes is 1. The van der Waals surface area contributed by atoms with Crippen LogP contribution in [0, 0.1) is 0 Å². The van der Waals surface area contributed by atoms with Crippen LogP contribution in [-0.4, -0.2) is 18.5 Å². The van der Waals surface area contributed by atoms with Gasteiger partial charge >= 0.3 is 0 Å². The van der Waals surface area contributed by atoms with Crippen molar-refractivity contribution >= 4 is 6.29 Å². The van der Waals surface area contributed by atoms with Crippen LogP contribution in [0.2, 0.25) is 0 Å². The largest absolute Gasteiger partial charge is 0.365 e. The number of hydrogen-bond acceptors (Lipinski definition) is 2. The average molecular weight is 196 g/mol. The van der Waals surface area contributed by atoms with Crippen molar-refractivity contribution in [3.63, 3.8) is 0 Å². The van der Waals surface area contributed by atoms with Crippen molar-refractivity contribution < 1.29 is 9.53 Å². The summed E-state index contributed by atoms with van der Waals surface area (Å²) < 4.78 is 5.38. The van der Waals surface area contributed by atoms with E-state index in [0.717, 1.165) is 12.7 Å². The number of epoxide rings is 1. The number of hydrogen-bond donors (Lipinski definition) is 0. The zero-order valence-corrected chi connectivity index (χ0v) is 8.95. The molecule has 2 atom stereocenters. The molecule has 0 saturated carbocycles. The van der Waals surface area contributed by atoms with Gasteiger partial charge in [0.2, 0.25) is 0 Å². The fourth-order valence-corrected chi connectivity index (χ4v) is 1.66. The molecule has 0 aromatic heterocycles. The van der Waals surface area contributed by atoms with Crippen LogP contribution in [0.15, 0.2) is 12.2 Å². The molecule has 0 N–H and O–H groups in total. The van der Waals surface area contributed by atoms with E-state index in [1.165, 1.54) is 38.2 Å². The van der Waals surface area contributed by atoms with Gasteiger partial charge in [-0.1, -0.05) is 45.1 Å². The maximum Gasteiger partial charge on any atom is 0.142 e. The first kappa shape index (κ1) is 11.4. The SMILES string of the molecule is CCCCCCC[C@H]1O[C@@H]1/C=C/C=O. The van der Waals surface area contributed by atoms with Crippen LogP contribution in [0.5, 0.6) is 0 Å². The summed E-state index contributed by atoms with van der Waals surface area (Å²) in [5.74, 6) is 0. The minimum absolute atomic E-state index is 0.228. The van der Waals surface area contributed by atoms with E-state index in [-0.39, 0.29) is 6.10 Å². The van der Waals surface area contributed by atoms with Crippen LogP contribution in [-0.2, 0) is 9.53 Å². The zero-order chi connectivity index (χ0) is 10.2. The van der Waals surface area contributed by atoms with Gasteiger partial charge in [-0.05, 0) is 12.5 Å². The second kappa shape index (κ2) is 6.77. The van der Waals surface area contributed by atoms with Crippen molar-refractivity contribution in [2.45, 2.75) is 57.7 Å². The Kier molecular flexibility index (Phi) is 5.53. The van der Waals surface area contributed by atoms with Crippen LogP contribution in [0.1, 0.15) is 45.4 Å². The summed E-state index contributed by atoms with van der Waals surface area (Å²) in [4.78, 5) is 10.0.